The van der Waals surface area contributed by atoms with E-state index in [9.17, 15) is 0 Å². The molecule has 0 spiro atoms. The minimum absolute atomic E-state index is 0.194. The topological polar surface area (TPSA) is 34.0 Å². The number of anilines is 2. The summed E-state index contributed by atoms with van der Waals surface area (Å²) in [7, 11) is 0. The van der Waals surface area contributed by atoms with Gasteiger partial charge in [0.1, 0.15) is 0 Å². The average Bonchev–Trinajstić information content (AvgIpc) is 3.89. The number of rotatable bonds is 6. The highest BCUT2D eigenvalue weighted by Crippen LogP contribution is 2.48. The molecule has 1 aliphatic carbocycles. The molecule has 13 rings (SSSR count). The zero-order valence-electron chi connectivity index (χ0n) is 34.9. The van der Waals surface area contributed by atoms with Crippen LogP contribution in [0.15, 0.2) is 218 Å². The standard InChI is InChI=1S/C60H40N4/c1-3-14-42(15-4-1)59-50-20-9-11-21-53(50)61-60(62-59)43-25-23-39(24-26-43)40-27-32-47(33-28-40)64-56-35-31-45(38-52(56)58-48-18-8-7-13-41(48)29-36-57(58)64)44-30-34-55-51(37-44)49-19-10-12-22-54(49)63(55)46-16-5-2-6-17-46/h1-35,37-38,57H,36H2. The van der Waals surface area contributed by atoms with Gasteiger partial charge >= 0.3 is 0 Å². The van der Waals surface area contributed by atoms with Gasteiger partial charge in [-0.15, -0.1) is 0 Å². The van der Waals surface area contributed by atoms with E-state index in [0.29, 0.717) is 0 Å². The second-order valence-corrected chi connectivity index (χ2v) is 16.9. The van der Waals surface area contributed by atoms with Crippen molar-refractivity contribution < 1.29 is 0 Å². The molecule has 2 aliphatic rings. The van der Waals surface area contributed by atoms with Gasteiger partial charge in [0, 0.05) is 49.9 Å². The molecule has 9 aromatic carbocycles. The van der Waals surface area contributed by atoms with Gasteiger partial charge in [-0.05, 0) is 105 Å². The van der Waals surface area contributed by atoms with Gasteiger partial charge in [-0.1, -0.05) is 164 Å². The van der Waals surface area contributed by atoms with Gasteiger partial charge in [0.2, 0.25) is 0 Å². The van der Waals surface area contributed by atoms with Gasteiger partial charge in [0.25, 0.3) is 0 Å². The molecule has 4 nitrogen and oxygen atoms in total. The van der Waals surface area contributed by atoms with Crippen LogP contribution in [0.1, 0.15) is 12.0 Å². The minimum atomic E-state index is 0.194. The first kappa shape index (κ1) is 36.3. The number of hydrogen-bond acceptors (Lipinski definition) is 3. The molecule has 0 radical (unpaired) electrons. The zero-order valence-corrected chi connectivity index (χ0v) is 34.9. The highest BCUT2D eigenvalue weighted by Gasteiger charge is 2.36. The van der Waals surface area contributed by atoms with Crippen molar-refractivity contribution in [3.8, 4) is 50.6 Å². The lowest BCUT2D eigenvalue weighted by atomic mass is 9.90. The number of fused-ring (bicyclic) bond motifs is 8. The van der Waals surface area contributed by atoms with Crippen molar-refractivity contribution in [1.29, 1.82) is 0 Å². The molecule has 0 N–H and O–H groups in total. The average molecular weight is 817 g/mol. The van der Waals surface area contributed by atoms with Crippen molar-refractivity contribution in [2.45, 2.75) is 12.5 Å². The van der Waals surface area contributed by atoms with Crippen LogP contribution in [0.5, 0.6) is 0 Å². The predicted octanol–water partition coefficient (Wildman–Crippen LogP) is 13.3. The summed E-state index contributed by atoms with van der Waals surface area (Å²) >= 11 is 0. The molecule has 0 amide bonds. The van der Waals surface area contributed by atoms with Crippen molar-refractivity contribution in [1.82, 2.24) is 14.5 Å². The molecular formula is C60H40N4. The fourth-order valence-corrected chi connectivity index (χ4v) is 10.3. The second kappa shape index (κ2) is 14.6. The summed E-state index contributed by atoms with van der Waals surface area (Å²) in [6, 6.07) is 79.0. The number of nitrogens with zero attached hydrogens (tertiary/aromatic N) is 4. The first-order valence-electron chi connectivity index (χ1n) is 22.1. The Bertz CT molecular complexity index is 3740. The van der Waals surface area contributed by atoms with E-state index in [-0.39, 0.29) is 6.04 Å². The van der Waals surface area contributed by atoms with Gasteiger partial charge < -0.3 is 9.47 Å². The molecule has 1 atom stereocenters. The molecular weight excluding hydrogens is 777 g/mol. The van der Waals surface area contributed by atoms with E-state index in [4.69, 9.17) is 9.97 Å². The van der Waals surface area contributed by atoms with E-state index in [1.54, 1.807) is 0 Å². The summed E-state index contributed by atoms with van der Waals surface area (Å²) in [5, 5.41) is 6.21. The molecule has 0 bridgehead atoms. The molecule has 1 unspecified atom stereocenters. The maximum absolute atomic E-state index is 5.10. The molecule has 64 heavy (non-hydrogen) atoms. The lowest BCUT2D eigenvalue weighted by Crippen LogP contribution is -2.38. The van der Waals surface area contributed by atoms with E-state index in [0.717, 1.165) is 45.5 Å². The summed E-state index contributed by atoms with van der Waals surface area (Å²) in [6.45, 7) is 0. The number of benzene rings is 9. The SMILES string of the molecule is C1=c2ccccc2=C2c3cc(-c4ccc5c(c4)c4ccccc4n5-c4ccccc4)ccc3N(c3ccc(-c4ccc(-c5nc(-c6ccccc6)c6ccccc6n5)cc4)cc3)C2C1. The van der Waals surface area contributed by atoms with Gasteiger partial charge in [0.05, 0.1) is 28.3 Å². The van der Waals surface area contributed by atoms with Gasteiger partial charge in [-0.2, -0.15) is 0 Å². The van der Waals surface area contributed by atoms with Crippen LogP contribution in [-0.4, -0.2) is 20.6 Å². The van der Waals surface area contributed by atoms with Crippen LogP contribution in [0, 0.1) is 0 Å². The van der Waals surface area contributed by atoms with Crippen LogP contribution in [0.2, 0.25) is 0 Å². The Balaban J connectivity index is 0.862. The Kier molecular flexibility index (Phi) is 8.31. The van der Waals surface area contributed by atoms with E-state index < -0.39 is 0 Å². The van der Waals surface area contributed by atoms with E-state index in [2.05, 4.69) is 222 Å². The Hall–Kier alpha value is -8.34. The van der Waals surface area contributed by atoms with Crippen molar-refractivity contribution in [2.75, 3.05) is 4.90 Å². The predicted molar refractivity (Wildman–Crippen MR) is 265 cm³/mol. The second-order valence-electron chi connectivity index (χ2n) is 16.9. The van der Waals surface area contributed by atoms with Crippen molar-refractivity contribution >= 4 is 55.7 Å². The molecule has 0 fully saturated rings. The largest absolute Gasteiger partial charge is 0.333 e. The fraction of sp³-hybridized carbons (Fsp3) is 0.0333. The molecule has 4 heteroatoms. The van der Waals surface area contributed by atoms with Gasteiger partial charge in [-0.3, -0.25) is 0 Å². The highest BCUT2D eigenvalue weighted by molar-refractivity contribution is 6.10. The van der Waals surface area contributed by atoms with Crippen LogP contribution in [0.4, 0.5) is 11.4 Å². The third kappa shape index (κ3) is 5.84. The molecule has 300 valence electrons. The number of para-hydroxylation sites is 3. The van der Waals surface area contributed by atoms with Crippen LogP contribution in [-0.2, 0) is 0 Å². The lowest BCUT2D eigenvalue weighted by molar-refractivity contribution is 0.845. The van der Waals surface area contributed by atoms with Crippen molar-refractivity contribution in [3.05, 3.63) is 234 Å². The minimum Gasteiger partial charge on any atom is -0.333 e. The van der Waals surface area contributed by atoms with Gasteiger partial charge in [-0.25, -0.2) is 9.97 Å². The third-order valence-corrected chi connectivity index (χ3v) is 13.3. The number of hydrogen-bond donors (Lipinski definition) is 0. The van der Waals surface area contributed by atoms with Crippen molar-refractivity contribution in [3.63, 3.8) is 0 Å². The van der Waals surface area contributed by atoms with E-state index >= 15 is 0 Å². The third-order valence-electron chi connectivity index (χ3n) is 13.3. The Morgan fingerprint density at radius 3 is 1.88 bits per heavy atom. The summed E-state index contributed by atoms with van der Waals surface area (Å²) in [4.78, 5) is 12.7. The van der Waals surface area contributed by atoms with Crippen molar-refractivity contribution in [2.24, 2.45) is 0 Å². The first-order valence-corrected chi connectivity index (χ1v) is 22.1. The monoisotopic (exact) mass is 816 g/mol. The van der Waals surface area contributed by atoms with Crippen LogP contribution in [0.25, 0.3) is 94.9 Å². The normalized spacial score (nSPS) is 14.1. The summed E-state index contributed by atoms with van der Waals surface area (Å²) in [6.07, 6.45) is 3.35. The number of aromatic nitrogens is 3. The zero-order chi connectivity index (χ0) is 42.1. The summed E-state index contributed by atoms with van der Waals surface area (Å²) < 4.78 is 2.38. The lowest BCUT2D eigenvalue weighted by Gasteiger charge is -2.29. The molecule has 11 aromatic rings. The smallest absolute Gasteiger partial charge is 0.160 e. The molecule has 0 saturated heterocycles. The maximum Gasteiger partial charge on any atom is 0.160 e. The van der Waals surface area contributed by atoms with E-state index in [1.165, 1.54) is 77.1 Å². The Labute approximate surface area is 371 Å². The van der Waals surface area contributed by atoms with Crippen LogP contribution < -0.4 is 15.3 Å². The molecule has 2 aromatic heterocycles. The van der Waals surface area contributed by atoms with Gasteiger partial charge in [0.15, 0.2) is 5.82 Å². The fourth-order valence-electron chi connectivity index (χ4n) is 10.3. The highest BCUT2D eigenvalue weighted by atomic mass is 15.2. The first-order chi connectivity index (χ1) is 31.7. The Morgan fingerprint density at radius 1 is 0.422 bits per heavy atom. The summed E-state index contributed by atoms with van der Waals surface area (Å²) in [5.41, 5.74) is 17.5. The molecule has 3 heterocycles. The van der Waals surface area contributed by atoms with Crippen LogP contribution >= 0.6 is 0 Å². The summed E-state index contributed by atoms with van der Waals surface area (Å²) in [5.74, 6) is 0.726. The van der Waals surface area contributed by atoms with Crippen LogP contribution in [0.3, 0.4) is 0 Å². The quantitative estimate of drug-likeness (QED) is 0.168. The maximum atomic E-state index is 5.10. The van der Waals surface area contributed by atoms with E-state index in [1.807, 2.05) is 12.1 Å². The Morgan fingerprint density at radius 2 is 1.05 bits per heavy atom. The molecule has 1 aliphatic heterocycles. The molecule has 0 saturated carbocycles.